The molecule has 0 aliphatic heterocycles. The van der Waals surface area contributed by atoms with E-state index in [1.165, 1.54) is 0 Å². The van der Waals surface area contributed by atoms with Gasteiger partial charge in [-0.1, -0.05) is 30.3 Å². The summed E-state index contributed by atoms with van der Waals surface area (Å²) in [5.74, 6) is 0.609. The van der Waals surface area contributed by atoms with Crippen molar-refractivity contribution in [3.05, 3.63) is 60.3 Å². The van der Waals surface area contributed by atoms with Gasteiger partial charge in [0.1, 0.15) is 5.75 Å². The quantitative estimate of drug-likeness (QED) is 0.698. The first-order valence-corrected chi connectivity index (χ1v) is 8.53. The van der Waals surface area contributed by atoms with E-state index in [-0.39, 0.29) is 12.0 Å². The molecule has 3 rings (SSSR count). The van der Waals surface area contributed by atoms with Gasteiger partial charge < -0.3 is 15.0 Å². The maximum atomic E-state index is 13.0. The van der Waals surface area contributed by atoms with E-state index in [1.54, 1.807) is 0 Å². The first-order valence-electron chi connectivity index (χ1n) is 8.53. The third-order valence-electron chi connectivity index (χ3n) is 4.33. The Hall–Kier alpha value is -2.75. The number of fused-ring (bicyclic) bond motifs is 1. The van der Waals surface area contributed by atoms with Crippen molar-refractivity contribution >= 4 is 22.5 Å². The standard InChI is InChI=1S/C21H24N2O2/c1-14(2)25-19-12-8-7-11-18(19)23-20(24)21(3,4)16-13-22-17-10-6-5-9-15(16)17/h5-14,22H,1-4H3,(H,23,24). The van der Waals surface area contributed by atoms with E-state index in [0.717, 1.165) is 16.5 Å². The smallest absolute Gasteiger partial charge is 0.234 e. The van der Waals surface area contributed by atoms with E-state index in [0.29, 0.717) is 11.4 Å². The summed E-state index contributed by atoms with van der Waals surface area (Å²) >= 11 is 0. The number of anilines is 1. The van der Waals surface area contributed by atoms with Gasteiger partial charge in [0.2, 0.25) is 5.91 Å². The molecule has 1 amide bonds. The molecule has 1 aromatic heterocycles. The zero-order valence-electron chi connectivity index (χ0n) is 15.1. The second-order valence-corrected chi connectivity index (χ2v) is 6.99. The lowest BCUT2D eigenvalue weighted by molar-refractivity contribution is -0.120. The third-order valence-corrected chi connectivity index (χ3v) is 4.33. The minimum absolute atomic E-state index is 0.0414. The average molecular weight is 336 g/mol. The summed E-state index contributed by atoms with van der Waals surface area (Å²) in [6.45, 7) is 7.80. The minimum Gasteiger partial charge on any atom is -0.489 e. The molecule has 0 bridgehead atoms. The van der Waals surface area contributed by atoms with Crippen molar-refractivity contribution in [1.82, 2.24) is 4.98 Å². The Kier molecular flexibility index (Phi) is 4.53. The lowest BCUT2D eigenvalue weighted by atomic mass is 9.83. The summed E-state index contributed by atoms with van der Waals surface area (Å²) in [5.41, 5.74) is 2.00. The molecule has 2 aromatic carbocycles. The minimum atomic E-state index is -0.690. The normalized spacial score (nSPS) is 11.7. The predicted octanol–water partition coefficient (Wildman–Crippen LogP) is 4.87. The maximum absolute atomic E-state index is 13.0. The number of para-hydroxylation sites is 3. The lowest BCUT2D eigenvalue weighted by Gasteiger charge is -2.24. The molecule has 0 saturated carbocycles. The maximum Gasteiger partial charge on any atom is 0.234 e. The molecule has 1 heterocycles. The SMILES string of the molecule is CC(C)Oc1ccccc1NC(=O)C(C)(C)c1c[nH]c2ccccc12. The summed E-state index contributed by atoms with van der Waals surface area (Å²) in [7, 11) is 0. The summed E-state index contributed by atoms with van der Waals surface area (Å²) < 4.78 is 5.80. The first-order chi connectivity index (χ1) is 11.9. The van der Waals surface area contributed by atoms with Gasteiger partial charge in [0.25, 0.3) is 0 Å². The van der Waals surface area contributed by atoms with E-state index in [2.05, 4.69) is 10.3 Å². The number of aromatic nitrogens is 1. The van der Waals surface area contributed by atoms with E-state index in [9.17, 15) is 4.79 Å². The molecule has 0 atom stereocenters. The Morgan fingerprint density at radius 2 is 1.76 bits per heavy atom. The number of hydrogen-bond acceptors (Lipinski definition) is 2. The second-order valence-electron chi connectivity index (χ2n) is 6.99. The molecule has 4 heteroatoms. The number of benzene rings is 2. The Bertz CT molecular complexity index is 894. The van der Waals surface area contributed by atoms with Crippen LogP contribution in [0.15, 0.2) is 54.7 Å². The van der Waals surface area contributed by atoms with Crippen LogP contribution in [0, 0.1) is 0 Å². The van der Waals surface area contributed by atoms with Crippen molar-refractivity contribution in [2.75, 3.05) is 5.32 Å². The average Bonchev–Trinajstić information content (AvgIpc) is 3.01. The van der Waals surface area contributed by atoms with Crippen LogP contribution < -0.4 is 10.1 Å². The molecule has 0 unspecified atom stereocenters. The molecule has 25 heavy (non-hydrogen) atoms. The van der Waals surface area contributed by atoms with Gasteiger partial charge in [0.05, 0.1) is 17.2 Å². The Balaban J connectivity index is 1.90. The van der Waals surface area contributed by atoms with Crippen LogP contribution in [0.5, 0.6) is 5.75 Å². The van der Waals surface area contributed by atoms with Crippen molar-refractivity contribution in [2.45, 2.75) is 39.2 Å². The van der Waals surface area contributed by atoms with E-state index in [4.69, 9.17) is 4.74 Å². The summed E-state index contributed by atoms with van der Waals surface area (Å²) in [4.78, 5) is 16.3. The van der Waals surface area contributed by atoms with Gasteiger partial charge in [0, 0.05) is 17.1 Å². The molecule has 4 nitrogen and oxygen atoms in total. The van der Waals surface area contributed by atoms with Crippen LogP contribution in [0.1, 0.15) is 33.3 Å². The highest BCUT2D eigenvalue weighted by Crippen LogP contribution is 2.33. The van der Waals surface area contributed by atoms with Crippen molar-refractivity contribution < 1.29 is 9.53 Å². The van der Waals surface area contributed by atoms with Crippen LogP contribution in [0.4, 0.5) is 5.69 Å². The highest BCUT2D eigenvalue weighted by atomic mass is 16.5. The van der Waals surface area contributed by atoms with E-state index >= 15 is 0 Å². The van der Waals surface area contributed by atoms with Crippen molar-refractivity contribution in [2.24, 2.45) is 0 Å². The molecule has 0 aliphatic carbocycles. The molecule has 0 radical (unpaired) electrons. The number of rotatable bonds is 5. The number of ether oxygens (including phenoxy) is 1. The Morgan fingerprint density at radius 1 is 1.08 bits per heavy atom. The number of aromatic amines is 1. The van der Waals surface area contributed by atoms with Crippen LogP contribution >= 0.6 is 0 Å². The molecule has 3 aromatic rings. The predicted molar refractivity (Wildman–Crippen MR) is 102 cm³/mol. The highest BCUT2D eigenvalue weighted by Gasteiger charge is 2.32. The molecule has 0 aliphatic rings. The number of nitrogens with one attached hydrogen (secondary N) is 2. The number of hydrogen-bond donors (Lipinski definition) is 2. The summed E-state index contributed by atoms with van der Waals surface area (Å²) in [5, 5.41) is 4.10. The number of carbonyl (C=O) groups is 1. The molecular weight excluding hydrogens is 312 g/mol. The van der Waals surface area contributed by atoms with Gasteiger partial charge in [-0.25, -0.2) is 0 Å². The van der Waals surface area contributed by atoms with Crippen molar-refractivity contribution in [1.29, 1.82) is 0 Å². The van der Waals surface area contributed by atoms with Gasteiger partial charge in [-0.05, 0) is 51.5 Å². The van der Waals surface area contributed by atoms with Crippen LogP contribution in [-0.4, -0.2) is 17.0 Å². The molecule has 2 N–H and O–H groups in total. The Morgan fingerprint density at radius 3 is 2.52 bits per heavy atom. The second kappa shape index (κ2) is 6.63. The van der Waals surface area contributed by atoms with Crippen LogP contribution in [0.2, 0.25) is 0 Å². The fraction of sp³-hybridized carbons (Fsp3) is 0.286. The largest absolute Gasteiger partial charge is 0.489 e. The summed E-state index contributed by atoms with van der Waals surface area (Å²) in [6, 6.07) is 15.5. The van der Waals surface area contributed by atoms with Gasteiger partial charge in [-0.2, -0.15) is 0 Å². The van der Waals surface area contributed by atoms with Gasteiger partial charge in [0.15, 0.2) is 0 Å². The highest BCUT2D eigenvalue weighted by molar-refractivity contribution is 6.02. The van der Waals surface area contributed by atoms with E-state index < -0.39 is 5.41 Å². The number of H-pyrrole nitrogens is 1. The van der Waals surface area contributed by atoms with Gasteiger partial charge in [-0.15, -0.1) is 0 Å². The topological polar surface area (TPSA) is 54.1 Å². The molecule has 0 fully saturated rings. The van der Waals surface area contributed by atoms with Crippen LogP contribution in [-0.2, 0) is 10.2 Å². The fourth-order valence-corrected chi connectivity index (χ4v) is 2.92. The monoisotopic (exact) mass is 336 g/mol. The number of amides is 1. The van der Waals surface area contributed by atoms with Crippen molar-refractivity contribution in [3.8, 4) is 5.75 Å². The molecule has 0 spiro atoms. The van der Waals surface area contributed by atoms with Crippen LogP contribution in [0.25, 0.3) is 10.9 Å². The molecule has 0 saturated heterocycles. The van der Waals surface area contributed by atoms with Crippen LogP contribution in [0.3, 0.4) is 0 Å². The van der Waals surface area contributed by atoms with E-state index in [1.807, 2.05) is 82.4 Å². The van der Waals surface area contributed by atoms with Gasteiger partial charge in [-0.3, -0.25) is 4.79 Å². The zero-order valence-corrected chi connectivity index (χ0v) is 15.1. The van der Waals surface area contributed by atoms with Crippen molar-refractivity contribution in [3.63, 3.8) is 0 Å². The third kappa shape index (κ3) is 3.38. The fourth-order valence-electron chi connectivity index (χ4n) is 2.92. The lowest BCUT2D eigenvalue weighted by Crippen LogP contribution is -2.34. The molecular formula is C21H24N2O2. The number of carbonyl (C=O) groups excluding carboxylic acids is 1. The Labute approximate surface area is 148 Å². The van der Waals surface area contributed by atoms with Gasteiger partial charge >= 0.3 is 0 Å². The summed E-state index contributed by atoms with van der Waals surface area (Å²) in [6.07, 6.45) is 1.96. The molecule has 130 valence electrons. The zero-order chi connectivity index (χ0) is 18.0. The first kappa shape index (κ1) is 17.1.